The molecule has 2 aromatic rings. The Balaban J connectivity index is 1.81. The van der Waals surface area contributed by atoms with Gasteiger partial charge in [-0.25, -0.2) is 14.1 Å². The van der Waals surface area contributed by atoms with E-state index in [0.29, 0.717) is 21.8 Å². The predicted molar refractivity (Wildman–Crippen MR) is 93.0 cm³/mol. The van der Waals surface area contributed by atoms with Gasteiger partial charge in [0, 0.05) is 11.1 Å². The minimum absolute atomic E-state index is 0.0156. The van der Waals surface area contributed by atoms with E-state index in [1.165, 1.54) is 12.1 Å². The van der Waals surface area contributed by atoms with E-state index in [9.17, 15) is 18.8 Å². The Morgan fingerprint density at radius 3 is 2.59 bits per heavy atom. The molecule has 138 valence electrons. The van der Waals surface area contributed by atoms with Crippen molar-refractivity contribution in [3.63, 3.8) is 0 Å². The van der Waals surface area contributed by atoms with Crippen LogP contribution in [-0.2, 0) is 16.2 Å². The number of nitrogens with one attached hydrogen (secondary N) is 1. The Morgan fingerprint density at radius 2 is 1.85 bits per heavy atom. The monoisotopic (exact) mass is 370 g/mol. The van der Waals surface area contributed by atoms with Crippen molar-refractivity contribution in [1.29, 1.82) is 0 Å². The minimum Gasteiger partial charge on any atom is -0.488 e. The Hall–Kier alpha value is -3.68. The maximum absolute atomic E-state index is 13.7. The summed E-state index contributed by atoms with van der Waals surface area (Å²) in [6.07, 6.45) is 1.39. The second-order valence-electron chi connectivity index (χ2n) is 5.69. The van der Waals surface area contributed by atoms with Crippen LogP contribution in [0, 0.1) is 5.82 Å². The summed E-state index contributed by atoms with van der Waals surface area (Å²) in [4.78, 5) is 35.3. The number of nitrogens with zero attached hydrogens (tertiary/aromatic N) is 1. The number of benzene rings is 2. The number of hydrogen-bond acceptors (Lipinski definition) is 4. The molecule has 27 heavy (non-hydrogen) atoms. The van der Waals surface area contributed by atoms with Crippen LogP contribution in [0.1, 0.15) is 11.1 Å². The average molecular weight is 370 g/mol. The molecule has 1 fully saturated rings. The summed E-state index contributed by atoms with van der Waals surface area (Å²) < 4.78 is 19.4. The van der Waals surface area contributed by atoms with Gasteiger partial charge < -0.3 is 15.2 Å². The van der Waals surface area contributed by atoms with Crippen LogP contribution >= 0.6 is 0 Å². The molecule has 1 saturated heterocycles. The molecule has 2 N–H and O–H groups in total. The number of carbonyl (C=O) groups excluding carboxylic acids is 2. The van der Waals surface area contributed by atoms with Crippen molar-refractivity contribution in [2.24, 2.45) is 0 Å². The summed E-state index contributed by atoms with van der Waals surface area (Å²) in [7, 11) is 0. The molecule has 0 unspecified atom stereocenters. The fourth-order valence-corrected chi connectivity index (χ4v) is 2.51. The van der Waals surface area contributed by atoms with Crippen LogP contribution in [0.15, 0.2) is 54.2 Å². The van der Waals surface area contributed by atoms with Crippen LogP contribution in [0.25, 0.3) is 6.08 Å². The van der Waals surface area contributed by atoms with E-state index >= 15 is 0 Å². The Morgan fingerprint density at radius 1 is 1.15 bits per heavy atom. The normalized spacial score (nSPS) is 15.1. The molecule has 2 aromatic carbocycles. The number of ether oxygens (including phenoxy) is 1. The summed E-state index contributed by atoms with van der Waals surface area (Å²) >= 11 is 0. The van der Waals surface area contributed by atoms with E-state index in [1.54, 1.807) is 42.5 Å². The van der Waals surface area contributed by atoms with E-state index in [-0.39, 0.29) is 12.3 Å². The number of hydrogen-bond donors (Lipinski definition) is 2. The van der Waals surface area contributed by atoms with E-state index in [0.717, 1.165) is 0 Å². The molecule has 0 bridgehead atoms. The average Bonchev–Trinajstić information content (AvgIpc) is 2.89. The number of carbonyl (C=O) groups is 3. The quantitative estimate of drug-likeness (QED) is 0.601. The third-order valence-electron chi connectivity index (χ3n) is 3.82. The van der Waals surface area contributed by atoms with Crippen LogP contribution in [0.5, 0.6) is 5.75 Å². The largest absolute Gasteiger partial charge is 0.488 e. The first kappa shape index (κ1) is 18.1. The SMILES string of the molecule is O=C(O)CN1C(=O)N/C(=C/c2ccccc2OCc2ccccc2F)C1=O. The summed E-state index contributed by atoms with van der Waals surface area (Å²) in [5.74, 6) is -2.05. The highest BCUT2D eigenvalue weighted by Gasteiger charge is 2.35. The second kappa shape index (κ2) is 7.69. The lowest BCUT2D eigenvalue weighted by molar-refractivity contribution is -0.140. The lowest BCUT2D eigenvalue weighted by Crippen LogP contribution is -2.35. The van der Waals surface area contributed by atoms with Gasteiger partial charge in [-0.1, -0.05) is 36.4 Å². The zero-order valence-electron chi connectivity index (χ0n) is 14.0. The number of rotatable bonds is 6. The van der Waals surface area contributed by atoms with Crippen LogP contribution in [0.3, 0.4) is 0 Å². The molecule has 0 aromatic heterocycles. The third kappa shape index (κ3) is 4.12. The zero-order valence-corrected chi connectivity index (χ0v) is 14.0. The first-order valence-corrected chi connectivity index (χ1v) is 7.97. The number of para-hydroxylation sites is 1. The van der Waals surface area contributed by atoms with Crippen molar-refractivity contribution >= 4 is 24.0 Å². The number of urea groups is 1. The number of carboxylic acids is 1. The molecule has 1 aliphatic rings. The van der Waals surface area contributed by atoms with Gasteiger partial charge in [-0.05, 0) is 18.2 Å². The predicted octanol–water partition coefficient (Wildman–Crippen LogP) is 2.38. The molecule has 1 aliphatic heterocycles. The number of halogens is 1. The van der Waals surface area contributed by atoms with Gasteiger partial charge in [-0.2, -0.15) is 0 Å². The molecular formula is C19H15FN2O5. The highest BCUT2D eigenvalue weighted by Crippen LogP contribution is 2.24. The van der Waals surface area contributed by atoms with Gasteiger partial charge >= 0.3 is 12.0 Å². The molecule has 7 nitrogen and oxygen atoms in total. The number of aliphatic carboxylic acids is 1. The highest BCUT2D eigenvalue weighted by molar-refractivity contribution is 6.15. The summed E-state index contributed by atoms with van der Waals surface area (Å²) in [6, 6.07) is 12.1. The van der Waals surface area contributed by atoms with E-state index in [2.05, 4.69) is 5.32 Å². The first-order chi connectivity index (χ1) is 13.0. The van der Waals surface area contributed by atoms with E-state index < -0.39 is 30.3 Å². The van der Waals surface area contributed by atoms with E-state index in [4.69, 9.17) is 9.84 Å². The molecule has 3 amide bonds. The lowest BCUT2D eigenvalue weighted by atomic mass is 10.1. The van der Waals surface area contributed by atoms with Crippen molar-refractivity contribution in [3.8, 4) is 5.75 Å². The summed E-state index contributed by atoms with van der Waals surface area (Å²) in [5.41, 5.74) is 0.788. The van der Waals surface area contributed by atoms with Gasteiger partial charge in [0.25, 0.3) is 5.91 Å². The first-order valence-electron chi connectivity index (χ1n) is 7.97. The van der Waals surface area contributed by atoms with Gasteiger partial charge in [0.05, 0.1) is 0 Å². The molecule has 0 spiro atoms. The molecule has 8 heteroatoms. The lowest BCUT2D eigenvalue weighted by Gasteiger charge is -2.10. The van der Waals surface area contributed by atoms with Gasteiger partial charge in [0.1, 0.15) is 30.4 Å². The van der Waals surface area contributed by atoms with Crippen molar-refractivity contribution in [2.45, 2.75) is 6.61 Å². The minimum atomic E-state index is -1.30. The second-order valence-corrected chi connectivity index (χ2v) is 5.69. The topological polar surface area (TPSA) is 95.9 Å². The van der Waals surface area contributed by atoms with Crippen molar-refractivity contribution < 1.29 is 28.6 Å². The van der Waals surface area contributed by atoms with Crippen LogP contribution in [-0.4, -0.2) is 34.5 Å². The van der Waals surface area contributed by atoms with Gasteiger partial charge in [-0.3, -0.25) is 9.59 Å². The molecule has 1 heterocycles. The molecule has 0 radical (unpaired) electrons. The number of imide groups is 1. The molecule has 0 saturated carbocycles. The van der Waals surface area contributed by atoms with Gasteiger partial charge in [0.15, 0.2) is 0 Å². The van der Waals surface area contributed by atoms with Crippen LogP contribution < -0.4 is 10.1 Å². The van der Waals surface area contributed by atoms with Crippen molar-refractivity contribution in [3.05, 3.63) is 71.2 Å². The molecule has 3 rings (SSSR count). The number of carboxylic acid groups (broad SMARTS) is 1. The van der Waals surface area contributed by atoms with Crippen molar-refractivity contribution in [1.82, 2.24) is 10.2 Å². The summed E-state index contributed by atoms with van der Waals surface area (Å²) in [6.45, 7) is -0.744. The van der Waals surface area contributed by atoms with Gasteiger partial charge in [0.2, 0.25) is 0 Å². The number of amides is 3. The smallest absolute Gasteiger partial charge is 0.329 e. The zero-order chi connectivity index (χ0) is 19.4. The fraction of sp³-hybridized carbons (Fsp3) is 0.105. The maximum Gasteiger partial charge on any atom is 0.329 e. The molecule has 0 atom stereocenters. The Kier molecular flexibility index (Phi) is 5.16. The Bertz CT molecular complexity index is 941. The van der Waals surface area contributed by atoms with Gasteiger partial charge in [-0.15, -0.1) is 0 Å². The van der Waals surface area contributed by atoms with Crippen LogP contribution in [0.2, 0.25) is 0 Å². The third-order valence-corrected chi connectivity index (χ3v) is 3.82. The Labute approximate surface area is 153 Å². The molecular weight excluding hydrogens is 355 g/mol. The standard InChI is InChI=1S/C19H15FN2O5/c20-14-7-3-1-6-13(14)11-27-16-8-4-2-5-12(16)9-15-18(25)22(10-17(23)24)19(26)21-15/h1-9H,10-11H2,(H,21,26)(H,23,24)/b15-9+. The highest BCUT2D eigenvalue weighted by atomic mass is 19.1. The van der Waals surface area contributed by atoms with Crippen molar-refractivity contribution in [2.75, 3.05) is 6.54 Å². The maximum atomic E-state index is 13.7. The van der Waals surface area contributed by atoms with Crippen LogP contribution in [0.4, 0.5) is 9.18 Å². The summed E-state index contributed by atoms with van der Waals surface area (Å²) in [5, 5.41) is 11.1. The van der Waals surface area contributed by atoms with E-state index in [1.807, 2.05) is 0 Å². The molecule has 0 aliphatic carbocycles. The fourth-order valence-electron chi connectivity index (χ4n) is 2.51.